The van der Waals surface area contributed by atoms with Crippen molar-refractivity contribution in [2.45, 2.75) is 13.8 Å². The number of hydrogen-bond acceptors (Lipinski definition) is 6. The highest BCUT2D eigenvalue weighted by molar-refractivity contribution is 7.80. The fraction of sp³-hybridized carbons (Fsp3) is 0.143. The molecule has 0 aliphatic rings. The first-order valence-electron chi connectivity index (χ1n) is 6.77. The Kier molecular flexibility index (Phi) is 7.16. The number of nitrogens with one attached hydrogen (secondary N) is 3. The van der Waals surface area contributed by atoms with E-state index in [1.807, 2.05) is 0 Å². The first kappa shape index (κ1) is 19.7. The molecule has 0 bridgehead atoms. The Labute approximate surface area is 147 Å². The van der Waals surface area contributed by atoms with Crippen LogP contribution in [-0.4, -0.2) is 33.2 Å². The molecule has 0 radical (unpaired) electrons. The van der Waals surface area contributed by atoms with Crippen molar-refractivity contribution in [1.29, 1.82) is 0 Å². The number of carbonyl (C=O) groups excluding carboxylic acids is 2. The standard InChI is InChI=1S/C14H15N5O5S/c1-8(20)12(7-15-14(25)18-17-9(2)21)13(22)16-10-3-5-11(6-4-10)19(23)24/h3-7,20H,1-2H3,(H,16,22)(H,17,21)(H,18,25)/b12-8-,15-7+. The Balaban J connectivity index is 2.80. The molecule has 0 aliphatic carbocycles. The third-order valence-electron chi connectivity index (χ3n) is 2.63. The number of hydrogen-bond donors (Lipinski definition) is 4. The zero-order valence-electron chi connectivity index (χ0n) is 13.3. The van der Waals surface area contributed by atoms with Crippen LogP contribution >= 0.6 is 12.2 Å². The summed E-state index contributed by atoms with van der Waals surface area (Å²) in [5.41, 5.74) is 4.52. The number of aliphatic hydroxyl groups is 1. The van der Waals surface area contributed by atoms with E-state index in [-0.39, 0.29) is 28.0 Å². The van der Waals surface area contributed by atoms with Crippen LogP contribution in [0.1, 0.15) is 13.8 Å². The van der Waals surface area contributed by atoms with E-state index in [9.17, 15) is 24.8 Å². The van der Waals surface area contributed by atoms with E-state index in [1.165, 1.54) is 38.1 Å². The lowest BCUT2D eigenvalue weighted by Crippen LogP contribution is -2.38. The van der Waals surface area contributed by atoms with Crippen LogP contribution in [0.4, 0.5) is 11.4 Å². The molecule has 0 saturated carbocycles. The van der Waals surface area contributed by atoms with Gasteiger partial charge in [0.1, 0.15) is 5.76 Å². The summed E-state index contributed by atoms with van der Waals surface area (Å²) < 4.78 is 0. The first-order chi connectivity index (χ1) is 11.7. The molecule has 4 N–H and O–H groups in total. The second-order valence-corrected chi connectivity index (χ2v) is 5.01. The molecule has 1 aromatic rings. The highest BCUT2D eigenvalue weighted by Crippen LogP contribution is 2.16. The van der Waals surface area contributed by atoms with Crippen molar-refractivity contribution in [1.82, 2.24) is 10.9 Å². The Morgan fingerprint density at radius 2 is 1.84 bits per heavy atom. The van der Waals surface area contributed by atoms with E-state index >= 15 is 0 Å². The predicted molar refractivity (Wildman–Crippen MR) is 95.1 cm³/mol. The third-order valence-corrected chi connectivity index (χ3v) is 2.83. The number of aliphatic hydroxyl groups excluding tert-OH is 1. The van der Waals surface area contributed by atoms with Crippen LogP contribution in [0.15, 0.2) is 40.6 Å². The highest BCUT2D eigenvalue weighted by Gasteiger charge is 2.13. The molecule has 0 saturated heterocycles. The molecule has 1 rings (SSSR count). The van der Waals surface area contributed by atoms with Gasteiger partial charge in [-0.2, -0.15) is 0 Å². The van der Waals surface area contributed by atoms with E-state index in [1.54, 1.807) is 0 Å². The molecule has 10 nitrogen and oxygen atoms in total. The van der Waals surface area contributed by atoms with Crippen LogP contribution in [0.25, 0.3) is 0 Å². The zero-order valence-corrected chi connectivity index (χ0v) is 14.1. The molecule has 0 heterocycles. The summed E-state index contributed by atoms with van der Waals surface area (Å²) in [4.78, 5) is 36.7. The predicted octanol–water partition coefficient (Wildman–Crippen LogP) is 1.36. The minimum absolute atomic E-state index is 0.122. The summed E-state index contributed by atoms with van der Waals surface area (Å²) in [6, 6.07) is 5.15. The molecule has 25 heavy (non-hydrogen) atoms. The zero-order chi connectivity index (χ0) is 19.0. The molecular weight excluding hydrogens is 350 g/mol. The van der Waals surface area contributed by atoms with Crippen LogP contribution in [0.5, 0.6) is 0 Å². The van der Waals surface area contributed by atoms with E-state index in [0.29, 0.717) is 5.69 Å². The maximum absolute atomic E-state index is 12.2. The lowest BCUT2D eigenvalue weighted by Gasteiger charge is -2.07. The van der Waals surface area contributed by atoms with Gasteiger partial charge in [0.25, 0.3) is 11.6 Å². The maximum Gasteiger partial charge on any atom is 0.269 e. The SMILES string of the molecule is CC(=O)NNC(=S)/N=C/C(C(=O)Nc1ccc([N+](=O)[O-])cc1)=C(\C)O. The molecule has 0 spiro atoms. The van der Waals surface area contributed by atoms with Gasteiger partial charge in [-0.15, -0.1) is 0 Å². The summed E-state index contributed by atoms with van der Waals surface area (Å²) in [6.45, 7) is 2.54. The normalized spacial score (nSPS) is 11.4. The van der Waals surface area contributed by atoms with E-state index in [2.05, 4.69) is 21.2 Å². The molecule has 132 valence electrons. The molecule has 0 aliphatic heterocycles. The van der Waals surface area contributed by atoms with E-state index < -0.39 is 10.8 Å². The molecule has 0 unspecified atom stereocenters. The van der Waals surface area contributed by atoms with Crippen molar-refractivity contribution in [3.05, 3.63) is 45.7 Å². The van der Waals surface area contributed by atoms with Crippen molar-refractivity contribution in [3.8, 4) is 0 Å². The summed E-state index contributed by atoms with van der Waals surface area (Å²) in [5.74, 6) is -1.40. The number of nitro groups is 1. The van der Waals surface area contributed by atoms with E-state index in [0.717, 1.165) is 6.21 Å². The Morgan fingerprint density at radius 3 is 2.32 bits per heavy atom. The van der Waals surface area contributed by atoms with Crippen molar-refractivity contribution in [2.75, 3.05) is 5.32 Å². The van der Waals surface area contributed by atoms with Gasteiger partial charge in [-0.3, -0.25) is 30.6 Å². The third kappa shape index (κ3) is 6.74. The number of carbonyl (C=O) groups is 2. The number of anilines is 1. The van der Waals surface area contributed by atoms with Crippen LogP contribution in [0.2, 0.25) is 0 Å². The number of hydrazine groups is 1. The molecule has 1 aromatic carbocycles. The monoisotopic (exact) mass is 365 g/mol. The number of benzene rings is 1. The minimum Gasteiger partial charge on any atom is -0.512 e. The lowest BCUT2D eigenvalue weighted by molar-refractivity contribution is -0.384. The number of non-ortho nitro benzene ring substituents is 1. The fourth-order valence-electron chi connectivity index (χ4n) is 1.48. The molecule has 2 amide bonds. The highest BCUT2D eigenvalue weighted by atomic mass is 32.1. The number of aliphatic imine (C=N–C) groups is 1. The van der Waals surface area contributed by atoms with Gasteiger partial charge in [-0.05, 0) is 31.3 Å². The molecular formula is C14H15N5O5S. The minimum atomic E-state index is -0.695. The second-order valence-electron chi connectivity index (χ2n) is 4.63. The van der Waals surface area contributed by atoms with Gasteiger partial charge in [0.2, 0.25) is 11.0 Å². The van der Waals surface area contributed by atoms with Crippen molar-refractivity contribution in [2.24, 2.45) is 4.99 Å². The van der Waals surface area contributed by atoms with Gasteiger partial charge in [0.15, 0.2) is 0 Å². The quantitative estimate of drug-likeness (QED) is 0.157. The van der Waals surface area contributed by atoms with Crippen molar-refractivity contribution >= 4 is 46.7 Å². The Morgan fingerprint density at radius 1 is 1.24 bits per heavy atom. The average molecular weight is 365 g/mol. The molecule has 0 aromatic heterocycles. The average Bonchev–Trinajstić information content (AvgIpc) is 2.53. The van der Waals surface area contributed by atoms with Gasteiger partial charge in [0.05, 0.1) is 10.5 Å². The fourth-order valence-corrected chi connectivity index (χ4v) is 1.58. The van der Waals surface area contributed by atoms with Crippen LogP contribution in [0.3, 0.4) is 0 Å². The van der Waals surface area contributed by atoms with Crippen LogP contribution in [-0.2, 0) is 9.59 Å². The molecule has 11 heteroatoms. The largest absolute Gasteiger partial charge is 0.512 e. The van der Waals surface area contributed by atoms with Gasteiger partial charge < -0.3 is 10.4 Å². The topological polar surface area (TPSA) is 146 Å². The van der Waals surface area contributed by atoms with Gasteiger partial charge in [-0.1, -0.05) is 0 Å². The number of rotatable bonds is 4. The van der Waals surface area contributed by atoms with Crippen LogP contribution < -0.4 is 16.2 Å². The second kappa shape index (κ2) is 9.08. The van der Waals surface area contributed by atoms with Crippen molar-refractivity contribution in [3.63, 3.8) is 0 Å². The van der Waals surface area contributed by atoms with E-state index in [4.69, 9.17) is 12.2 Å². The number of amides is 2. The number of allylic oxidation sites excluding steroid dienone is 1. The molecule has 0 fully saturated rings. The van der Waals surface area contributed by atoms with Gasteiger partial charge in [-0.25, -0.2) is 4.99 Å². The van der Waals surface area contributed by atoms with Crippen molar-refractivity contribution < 1.29 is 19.6 Å². The lowest BCUT2D eigenvalue weighted by atomic mass is 10.2. The molecule has 0 atom stereocenters. The summed E-state index contributed by atoms with van der Waals surface area (Å²) in [5, 5.41) is 22.5. The smallest absolute Gasteiger partial charge is 0.269 e. The van der Waals surface area contributed by atoms with Gasteiger partial charge >= 0.3 is 0 Å². The summed E-state index contributed by atoms with van der Waals surface area (Å²) >= 11 is 4.81. The van der Waals surface area contributed by atoms with Gasteiger partial charge in [0, 0.05) is 31.0 Å². The summed E-state index contributed by atoms with van der Waals surface area (Å²) in [7, 11) is 0. The first-order valence-corrected chi connectivity index (χ1v) is 7.17. The Bertz CT molecular complexity index is 753. The maximum atomic E-state index is 12.2. The number of nitrogens with zero attached hydrogens (tertiary/aromatic N) is 2. The Hall–Kier alpha value is -3.34. The van der Waals surface area contributed by atoms with Crippen LogP contribution in [0, 0.1) is 10.1 Å². The number of thiocarbonyl (C=S) groups is 1. The summed E-state index contributed by atoms with van der Waals surface area (Å²) in [6.07, 6.45) is 1.02. The number of nitro benzene ring substituents is 1.